The molecule has 0 unspecified atom stereocenters. The summed E-state index contributed by atoms with van der Waals surface area (Å²) >= 11 is 1.10. The molecular formula is C20H24N4O10S2. The van der Waals surface area contributed by atoms with Gasteiger partial charge in [0, 0.05) is 34.0 Å². The van der Waals surface area contributed by atoms with Gasteiger partial charge in [0.05, 0.1) is 22.9 Å². The van der Waals surface area contributed by atoms with E-state index in [4.69, 9.17) is 4.74 Å². The Morgan fingerprint density at radius 3 is 2.33 bits per heavy atom. The van der Waals surface area contributed by atoms with Crippen LogP contribution in [0.1, 0.15) is 0 Å². The molecule has 0 bridgehead atoms. The summed E-state index contributed by atoms with van der Waals surface area (Å²) in [6, 6.07) is 11.9. The number of hydrogen-bond acceptors (Lipinski definition) is 12. The highest BCUT2D eigenvalue weighted by atomic mass is 32.2. The van der Waals surface area contributed by atoms with Crippen molar-refractivity contribution < 1.29 is 47.6 Å². The van der Waals surface area contributed by atoms with Crippen LogP contribution in [0.4, 0.5) is 17.1 Å². The number of sulfonamides is 1. The van der Waals surface area contributed by atoms with E-state index >= 15 is 0 Å². The van der Waals surface area contributed by atoms with E-state index < -0.39 is 10.0 Å². The van der Waals surface area contributed by atoms with Crippen LogP contribution in [0.15, 0.2) is 65.1 Å². The Labute approximate surface area is 210 Å². The van der Waals surface area contributed by atoms with Crippen LogP contribution in [0.5, 0.6) is 0 Å². The minimum atomic E-state index is -3.85. The molecule has 2 rings (SSSR count). The van der Waals surface area contributed by atoms with Gasteiger partial charge in [-0.2, -0.15) is 0 Å². The lowest BCUT2D eigenvalue weighted by Gasteiger charge is -2.10. The Morgan fingerprint density at radius 2 is 1.64 bits per heavy atom. The monoisotopic (exact) mass is 544 g/mol. The van der Waals surface area contributed by atoms with Crippen LogP contribution in [0, 0.1) is 0 Å². The first-order chi connectivity index (χ1) is 17.4. The fourth-order valence-corrected chi connectivity index (χ4v) is 3.77. The summed E-state index contributed by atoms with van der Waals surface area (Å²) in [5.41, 5.74) is 6.20. The molecule has 0 aromatic heterocycles. The molecule has 0 aliphatic carbocycles. The Morgan fingerprint density at radius 1 is 0.944 bits per heavy atom. The van der Waals surface area contributed by atoms with Gasteiger partial charge in [-0.3, -0.25) is 25.2 Å². The lowest BCUT2D eigenvalue weighted by atomic mass is 10.3. The molecule has 2 aromatic carbocycles. The largest absolute Gasteiger partial charge is 0.382 e. The molecule has 14 nitrogen and oxygen atoms in total. The Bertz CT molecular complexity index is 1070. The molecule has 0 heterocycles. The van der Waals surface area contributed by atoms with Gasteiger partial charge in [0.15, 0.2) is 0 Å². The van der Waals surface area contributed by atoms with Gasteiger partial charge >= 0.3 is 0 Å². The SMILES string of the molecule is COCCOOOOOC=CSCC(=O)Nc1ccc(S(=O)(=O)Nc2ccc(NNC=O)cc2)cc1. The smallest absolute Gasteiger partial charge is 0.261 e. The maximum Gasteiger partial charge on any atom is 0.261 e. The van der Waals surface area contributed by atoms with Gasteiger partial charge in [-0.1, -0.05) is 0 Å². The summed E-state index contributed by atoms with van der Waals surface area (Å²) in [4.78, 5) is 31.3. The maximum absolute atomic E-state index is 12.6. The van der Waals surface area contributed by atoms with Crippen molar-refractivity contribution in [2.75, 3.05) is 41.5 Å². The van der Waals surface area contributed by atoms with Gasteiger partial charge in [0.1, 0.15) is 12.9 Å². The summed E-state index contributed by atoms with van der Waals surface area (Å²) in [5.74, 6) is -0.283. The molecule has 0 saturated heterocycles. The fraction of sp³-hybridized carbons (Fsp3) is 0.200. The van der Waals surface area contributed by atoms with Crippen LogP contribution in [-0.2, 0) is 49.2 Å². The minimum absolute atomic E-state index is 0.00933. The Kier molecular flexibility index (Phi) is 13.1. The van der Waals surface area contributed by atoms with Crippen LogP contribution in [0.2, 0.25) is 0 Å². The van der Waals surface area contributed by atoms with Crippen LogP contribution in [0.25, 0.3) is 0 Å². The van der Waals surface area contributed by atoms with Gasteiger partial charge in [-0.05, 0) is 53.6 Å². The number of carbonyl (C=O) groups excluding carboxylic acids is 2. The number of amides is 2. The first-order valence-electron chi connectivity index (χ1n) is 9.96. The van der Waals surface area contributed by atoms with Crippen molar-refractivity contribution in [2.24, 2.45) is 0 Å². The van der Waals surface area contributed by atoms with Crippen molar-refractivity contribution in [2.45, 2.75) is 4.90 Å². The van der Waals surface area contributed by atoms with E-state index in [2.05, 4.69) is 45.8 Å². The quantitative estimate of drug-likeness (QED) is 0.0709. The van der Waals surface area contributed by atoms with Gasteiger partial charge in [0.2, 0.25) is 12.3 Å². The Balaban J connectivity index is 1.71. The number of ether oxygens (including phenoxy) is 1. The molecule has 0 atom stereocenters. The molecule has 2 amide bonds. The van der Waals surface area contributed by atoms with Crippen molar-refractivity contribution in [3.05, 3.63) is 60.2 Å². The molecule has 0 radical (unpaired) electrons. The zero-order valence-electron chi connectivity index (χ0n) is 18.9. The zero-order chi connectivity index (χ0) is 26.1. The molecule has 4 N–H and O–H groups in total. The number of methoxy groups -OCH3 is 1. The zero-order valence-corrected chi connectivity index (χ0v) is 20.5. The number of anilines is 3. The van der Waals surface area contributed by atoms with Gasteiger partial charge in [-0.15, -0.1) is 11.8 Å². The standard InChI is InChI=1S/C20H24N4O10S2/c1-29-10-11-30-32-34-33-31-12-13-35-14-20(26)22-16-6-8-19(9-7-16)36(27,28)24-18-4-2-17(3-5-18)23-21-15-25/h2-9,12-13,15,23-24H,10-11,14H2,1H3,(H,21,25)(H,22,26). The predicted octanol–water partition coefficient (Wildman–Crippen LogP) is 2.09. The first-order valence-corrected chi connectivity index (χ1v) is 12.5. The van der Waals surface area contributed by atoms with Gasteiger partial charge < -0.3 is 14.9 Å². The highest BCUT2D eigenvalue weighted by Gasteiger charge is 2.14. The number of carbonyl (C=O) groups is 2. The lowest BCUT2D eigenvalue weighted by Crippen LogP contribution is -2.18. The van der Waals surface area contributed by atoms with Crippen LogP contribution < -0.4 is 20.9 Å². The summed E-state index contributed by atoms with van der Waals surface area (Å²) in [6.07, 6.45) is 1.58. The van der Waals surface area contributed by atoms with Crippen LogP contribution >= 0.6 is 11.8 Å². The highest BCUT2D eigenvalue weighted by Crippen LogP contribution is 2.20. The van der Waals surface area contributed by atoms with Crippen molar-refractivity contribution in [3.8, 4) is 0 Å². The number of benzene rings is 2. The summed E-state index contributed by atoms with van der Waals surface area (Å²) in [7, 11) is -2.35. The van der Waals surface area contributed by atoms with Crippen LogP contribution in [-0.4, -0.2) is 46.8 Å². The van der Waals surface area contributed by atoms with E-state index in [1.807, 2.05) is 0 Å². The number of rotatable bonds is 18. The second kappa shape index (κ2) is 16.3. The average Bonchev–Trinajstić information content (AvgIpc) is 2.87. The summed E-state index contributed by atoms with van der Waals surface area (Å²) in [6.45, 7) is 0.437. The van der Waals surface area contributed by atoms with E-state index in [0.29, 0.717) is 30.1 Å². The van der Waals surface area contributed by atoms with Crippen molar-refractivity contribution in [3.63, 3.8) is 0 Å². The van der Waals surface area contributed by atoms with E-state index in [0.717, 1.165) is 18.0 Å². The van der Waals surface area contributed by atoms with Crippen molar-refractivity contribution in [1.29, 1.82) is 0 Å². The van der Waals surface area contributed by atoms with Gasteiger partial charge in [0.25, 0.3) is 10.0 Å². The fourth-order valence-electron chi connectivity index (χ4n) is 2.27. The molecule has 2 aromatic rings. The lowest BCUT2D eigenvalue weighted by molar-refractivity contribution is -0.700. The predicted molar refractivity (Wildman–Crippen MR) is 129 cm³/mol. The molecular weight excluding hydrogens is 520 g/mol. The molecule has 36 heavy (non-hydrogen) atoms. The third-order valence-corrected chi connectivity index (χ3v) is 5.93. The topological polar surface area (TPSA) is 172 Å². The molecule has 0 aliphatic heterocycles. The van der Waals surface area contributed by atoms with Crippen molar-refractivity contribution >= 4 is 51.2 Å². The number of hydrazine groups is 1. The van der Waals surface area contributed by atoms with E-state index in [-0.39, 0.29) is 23.2 Å². The number of nitrogens with one attached hydrogen (secondary N) is 4. The molecule has 0 spiro atoms. The van der Waals surface area contributed by atoms with Gasteiger partial charge in [-0.25, -0.2) is 13.3 Å². The highest BCUT2D eigenvalue weighted by molar-refractivity contribution is 8.02. The van der Waals surface area contributed by atoms with E-state index in [1.54, 1.807) is 12.1 Å². The second-order valence-corrected chi connectivity index (χ2v) is 8.92. The number of thioether (sulfide) groups is 1. The minimum Gasteiger partial charge on any atom is -0.382 e. The molecule has 0 aliphatic rings. The first kappa shape index (κ1) is 28.9. The van der Waals surface area contributed by atoms with E-state index in [1.165, 1.54) is 48.9 Å². The number of hydrogen-bond donors (Lipinski definition) is 4. The molecule has 16 heteroatoms. The summed E-state index contributed by atoms with van der Waals surface area (Å²) in [5, 5.41) is 16.4. The van der Waals surface area contributed by atoms with Crippen molar-refractivity contribution in [1.82, 2.24) is 5.43 Å². The Hall–Kier alpha value is -3.38. The van der Waals surface area contributed by atoms with Crippen LogP contribution in [0.3, 0.4) is 0 Å². The second-order valence-electron chi connectivity index (χ2n) is 6.34. The molecule has 0 fully saturated rings. The third-order valence-electron chi connectivity index (χ3n) is 3.80. The van der Waals surface area contributed by atoms with E-state index in [9.17, 15) is 18.0 Å². The molecule has 196 valence electrons. The maximum atomic E-state index is 12.6. The molecule has 0 saturated carbocycles. The summed E-state index contributed by atoms with van der Waals surface area (Å²) < 4.78 is 32.3. The third kappa shape index (κ3) is 11.4. The average molecular weight is 545 g/mol. The normalized spacial score (nSPS) is 11.1.